The van der Waals surface area contributed by atoms with E-state index >= 15 is 0 Å². The van der Waals surface area contributed by atoms with Crippen LogP contribution in [0.5, 0.6) is 0 Å². The molecule has 1 aliphatic heterocycles. The molecule has 1 aliphatic rings. The minimum absolute atomic E-state index is 0.0609. The molecule has 1 fully saturated rings. The van der Waals surface area contributed by atoms with Crippen molar-refractivity contribution in [2.24, 2.45) is 0 Å². The lowest BCUT2D eigenvalue weighted by Gasteiger charge is -2.32. The fourth-order valence-corrected chi connectivity index (χ4v) is 4.28. The van der Waals surface area contributed by atoms with E-state index in [1.54, 1.807) is 17.5 Å². The lowest BCUT2D eigenvalue weighted by atomic mass is 10.1. The van der Waals surface area contributed by atoms with Crippen LogP contribution >= 0.6 is 22.9 Å². The van der Waals surface area contributed by atoms with Gasteiger partial charge in [-0.2, -0.15) is 0 Å². The monoisotopic (exact) mass is 373 g/mol. The van der Waals surface area contributed by atoms with E-state index in [2.05, 4.69) is 25.2 Å². The standard InChI is InChI=1S/C17H16ClN5OS/c18-12-4-1-5-14-15(12)22-17(25-14)23-8-2-3-11(10-23)21-16(24)13-9-19-6-7-20-13/h1,4-7,9,11H,2-3,8,10H2,(H,21,24). The number of fused-ring (bicyclic) bond motifs is 1. The van der Waals surface area contributed by atoms with Gasteiger partial charge in [-0.3, -0.25) is 9.78 Å². The molecular weight excluding hydrogens is 358 g/mol. The highest BCUT2D eigenvalue weighted by molar-refractivity contribution is 7.22. The minimum Gasteiger partial charge on any atom is -0.346 e. The van der Waals surface area contributed by atoms with Gasteiger partial charge < -0.3 is 10.2 Å². The summed E-state index contributed by atoms with van der Waals surface area (Å²) < 4.78 is 1.08. The zero-order valence-electron chi connectivity index (χ0n) is 13.4. The van der Waals surface area contributed by atoms with Gasteiger partial charge in [0.25, 0.3) is 5.91 Å². The second-order valence-electron chi connectivity index (χ2n) is 5.93. The van der Waals surface area contributed by atoms with Crippen molar-refractivity contribution in [2.75, 3.05) is 18.0 Å². The average molecular weight is 374 g/mol. The molecule has 1 N–H and O–H groups in total. The van der Waals surface area contributed by atoms with Crippen LogP contribution in [0.25, 0.3) is 10.2 Å². The van der Waals surface area contributed by atoms with Crippen molar-refractivity contribution in [3.8, 4) is 0 Å². The predicted octanol–water partition coefficient (Wildman–Crippen LogP) is 3.14. The molecular formula is C17H16ClN5OS. The molecule has 0 radical (unpaired) electrons. The van der Waals surface area contributed by atoms with Gasteiger partial charge in [-0.25, -0.2) is 9.97 Å². The van der Waals surface area contributed by atoms with E-state index in [9.17, 15) is 4.79 Å². The summed E-state index contributed by atoms with van der Waals surface area (Å²) in [5.74, 6) is -0.188. The molecule has 25 heavy (non-hydrogen) atoms. The summed E-state index contributed by atoms with van der Waals surface area (Å²) in [6.07, 6.45) is 6.49. The molecule has 1 saturated heterocycles. The first kappa shape index (κ1) is 16.2. The van der Waals surface area contributed by atoms with Gasteiger partial charge in [0.15, 0.2) is 5.13 Å². The lowest BCUT2D eigenvalue weighted by Crippen LogP contribution is -2.48. The molecule has 0 bridgehead atoms. The van der Waals surface area contributed by atoms with Gasteiger partial charge in [-0.15, -0.1) is 0 Å². The number of para-hydroxylation sites is 1. The highest BCUT2D eigenvalue weighted by Crippen LogP contribution is 2.33. The van der Waals surface area contributed by atoms with Crippen molar-refractivity contribution >= 4 is 44.2 Å². The Morgan fingerprint density at radius 3 is 3.08 bits per heavy atom. The van der Waals surface area contributed by atoms with Gasteiger partial charge >= 0.3 is 0 Å². The van der Waals surface area contributed by atoms with Crippen LogP contribution < -0.4 is 10.2 Å². The van der Waals surface area contributed by atoms with Crippen LogP contribution in [-0.4, -0.2) is 40.0 Å². The third-order valence-corrected chi connectivity index (χ3v) is 5.57. The van der Waals surface area contributed by atoms with Crippen LogP contribution in [0, 0.1) is 0 Å². The Kier molecular flexibility index (Phi) is 4.50. The van der Waals surface area contributed by atoms with E-state index in [0.717, 1.165) is 41.3 Å². The molecule has 2 aromatic heterocycles. The topological polar surface area (TPSA) is 71.0 Å². The summed E-state index contributed by atoms with van der Waals surface area (Å²) in [5.41, 5.74) is 1.18. The molecule has 0 spiro atoms. The molecule has 4 rings (SSSR count). The van der Waals surface area contributed by atoms with Crippen LogP contribution in [0.3, 0.4) is 0 Å². The molecule has 1 aromatic carbocycles. The highest BCUT2D eigenvalue weighted by Gasteiger charge is 2.24. The third-order valence-electron chi connectivity index (χ3n) is 4.18. The van der Waals surface area contributed by atoms with E-state index in [1.165, 1.54) is 12.4 Å². The molecule has 0 aliphatic carbocycles. The largest absolute Gasteiger partial charge is 0.346 e. The number of rotatable bonds is 3. The van der Waals surface area contributed by atoms with E-state index in [-0.39, 0.29) is 11.9 Å². The number of halogens is 1. The van der Waals surface area contributed by atoms with Crippen molar-refractivity contribution in [3.63, 3.8) is 0 Å². The number of benzene rings is 1. The molecule has 0 saturated carbocycles. The Morgan fingerprint density at radius 2 is 2.28 bits per heavy atom. The number of aromatic nitrogens is 3. The maximum Gasteiger partial charge on any atom is 0.271 e. The summed E-state index contributed by atoms with van der Waals surface area (Å²) in [4.78, 5) is 27.2. The number of nitrogens with zero attached hydrogens (tertiary/aromatic N) is 4. The number of nitrogens with one attached hydrogen (secondary N) is 1. The molecule has 6 nitrogen and oxygen atoms in total. The maximum absolute atomic E-state index is 12.3. The van der Waals surface area contributed by atoms with E-state index in [1.807, 2.05) is 18.2 Å². The van der Waals surface area contributed by atoms with Crippen molar-refractivity contribution in [1.29, 1.82) is 0 Å². The van der Waals surface area contributed by atoms with Gasteiger partial charge in [0, 0.05) is 31.5 Å². The quantitative estimate of drug-likeness (QED) is 0.763. The number of carbonyl (C=O) groups is 1. The SMILES string of the molecule is O=C(NC1CCCN(c2nc3c(Cl)cccc3s2)C1)c1cnccn1. The molecule has 1 unspecified atom stereocenters. The van der Waals surface area contributed by atoms with Crippen molar-refractivity contribution in [2.45, 2.75) is 18.9 Å². The van der Waals surface area contributed by atoms with Gasteiger partial charge in [0.05, 0.1) is 15.9 Å². The Hall–Kier alpha value is -2.25. The fraction of sp³-hybridized carbons (Fsp3) is 0.294. The zero-order chi connectivity index (χ0) is 17.2. The summed E-state index contributed by atoms with van der Waals surface area (Å²) in [6, 6.07) is 5.88. The summed E-state index contributed by atoms with van der Waals surface area (Å²) in [7, 11) is 0. The Morgan fingerprint density at radius 1 is 1.36 bits per heavy atom. The fourth-order valence-electron chi connectivity index (χ4n) is 2.98. The molecule has 128 valence electrons. The minimum atomic E-state index is -0.188. The number of hydrogen-bond acceptors (Lipinski definition) is 6. The van der Waals surface area contributed by atoms with Crippen LogP contribution in [0.1, 0.15) is 23.3 Å². The Balaban J connectivity index is 1.48. The average Bonchev–Trinajstić information content (AvgIpc) is 3.08. The number of hydrogen-bond donors (Lipinski definition) is 1. The maximum atomic E-state index is 12.3. The zero-order valence-corrected chi connectivity index (χ0v) is 14.9. The Bertz CT molecular complexity index is 900. The number of piperidine rings is 1. The predicted molar refractivity (Wildman–Crippen MR) is 99.4 cm³/mol. The third kappa shape index (κ3) is 3.43. The van der Waals surface area contributed by atoms with Crippen LogP contribution in [0.4, 0.5) is 5.13 Å². The molecule has 8 heteroatoms. The summed E-state index contributed by atoms with van der Waals surface area (Å²) in [6.45, 7) is 1.65. The van der Waals surface area contributed by atoms with Crippen molar-refractivity contribution in [3.05, 3.63) is 47.5 Å². The van der Waals surface area contributed by atoms with Gasteiger partial charge in [-0.05, 0) is 25.0 Å². The van der Waals surface area contributed by atoms with Crippen LogP contribution in [0.2, 0.25) is 5.02 Å². The van der Waals surface area contributed by atoms with Gasteiger partial charge in [-0.1, -0.05) is 29.0 Å². The normalized spacial score (nSPS) is 17.6. The first-order chi connectivity index (χ1) is 12.2. The first-order valence-electron chi connectivity index (χ1n) is 8.07. The van der Waals surface area contributed by atoms with Crippen molar-refractivity contribution in [1.82, 2.24) is 20.3 Å². The molecule has 3 heterocycles. The second kappa shape index (κ2) is 6.93. The van der Waals surface area contributed by atoms with Gasteiger partial charge in [0.2, 0.25) is 0 Å². The van der Waals surface area contributed by atoms with Crippen LogP contribution in [-0.2, 0) is 0 Å². The molecule has 3 aromatic rings. The van der Waals surface area contributed by atoms with Crippen LogP contribution in [0.15, 0.2) is 36.8 Å². The highest BCUT2D eigenvalue weighted by atomic mass is 35.5. The number of anilines is 1. The van der Waals surface area contributed by atoms with Gasteiger partial charge in [0.1, 0.15) is 11.2 Å². The number of carbonyl (C=O) groups excluding carboxylic acids is 1. The summed E-state index contributed by atoms with van der Waals surface area (Å²) in [5, 5.41) is 4.66. The van der Waals surface area contributed by atoms with E-state index in [0.29, 0.717) is 10.7 Å². The van der Waals surface area contributed by atoms with E-state index in [4.69, 9.17) is 11.6 Å². The summed E-state index contributed by atoms with van der Waals surface area (Å²) >= 11 is 7.86. The smallest absolute Gasteiger partial charge is 0.271 e. The second-order valence-corrected chi connectivity index (χ2v) is 7.35. The van der Waals surface area contributed by atoms with E-state index < -0.39 is 0 Å². The number of thiazole rings is 1. The lowest BCUT2D eigenvalue weighted by molar-refractivity contribution is 0.0927. The first-order valence-corrected chi connectivity index (χ1v) is 9.27. The molecule has 1 atom stereocenters. The Labute approximate surface area is 153 Å². The van der Waals surface area contributed by atoms with Crippen molar-refractivity contribution < 1.29 is 4.79 Å². The number of amides is 1. The molecule has 1 amide bonds.